The lowest BCUT2D eigenvalue weighted by Gasteiger charge is -2.44. The first-order valence-electron chi connectivity index (χ1n) is 4.22. The van der Waals surface area contributed by atoms with Crippen molar-refractivity contribution >= 4 is 6.02 Å². The molecule has 0 saturated heterocycles. The van der Waals surface area contributed by atoms with Gasteiger partial charge in [-0.3, -0.25) is 0 Å². The van der Waals surface area contributed by atoms with Crippen LogP contribution in [0.5, 0.6) is 0 Å². The second kappa shape index (κ2) is 2.13. The third kappa shape index (κ3) is 1.08. The van der Waals surface area contributed by atoms with Gasteiger partial charge in [0.15, 0.2) is 0 Å². The second-order valence-electron chi connectivity index (χ2n) is 3.66. The van der Waals surface area contributed by atoms with E-state index >= 15 is 0 Å². The van der Waals surface area contributed by atoms with Crippen molar-refractivity contribution in [3.8, 4) is 0 Å². The van der Waals surface area contributed by atoms with Crippen LogP contribution >= 0.6 is 0 Å². The summed E-state index contributed by atoms with van der Waals surface area (Å²) in [6.45, 7) is 2.09. The minimum atomic E-state index is 0.0885. The quantitative estimate of drug-likeness (QED) is 0.566. The van der Waals surface area contributed by atoms with E-state index in [1.807, 2.05) is 0 Å². The van der Waals surface area contributed by atoms with Gasteiger partial charge in [-0.2, -0.15) is 0 Å². The molecule has 0 aromatic carbocycles. The smallest absolute Gasteiger partial charge is 0.282 e. The summed E-state index contributed by atoms with van der Waals surface area (Å²) >= 11 is 0. The Morgan fingerprint density at radius 2 is 2.36 bits per heavy atom. The van der Waals surface area contributed by atoms with E-state index in [1.165, 1.54) is 6.42 Å². The highest BCUT2D eigenvalue weighted by Gasteiger charge is 2.43. The van der Waals surface area contributed by atoms with Gasteiger partial charge in [-0.1, -0.05) is 0 Å². The van der Waals surface area contributed by atoms with Crippen LogP contribution in [0.3, 0.4) is 0 Å². The number of nitrogens with two attached hydrogens (primary N) is 1. The van der Waals surface area contributed by atoms with Gasteiger partial charge in [-0.25, -0.2) is 4.99 Å². The normalized spacial score (nSPS) is 33.9. The van der Waals surface area contributed by atoms with Crippen molar-refractivity contribution in [3.63, 3.8) is 0 Å². The van der Waals surface area contributed by atoms with Gasteiger partial charge in [0.1, 0.15) is 5.60 Å². The third-order valence-electron chi connectivity index (χ3n) is 2.60. The molecule has 0 amide bonds. The number of hydrogen-bond donors (Lipinski definition) is 1. The van der Waals surface area contributed by atoms with Gasteiger partial charge in [0.05, 0.1) is 6.04 Å². The zero-order chi connectivity index (χ0) is 7.90. The number of hydrogen-bond acceptors (Lipinski definition) is 3. The first-order chi connectivity index (χ1) is 5.20. The Bertz CT molecular complexity index is 196. The average molecular weight is 154 g/mol. The fraction of sp³-hybridized carbons (Fsp3) is 0.875. The summed E-state index contributed by atoms with van der Waals surface area (Å²) < 4.78 is 5.51. The Morgan fingerprint density at radius 1 is 1.64 bits per heavy atom. The molecule has 1 aliphatic carbocycles. The SMILES string of the molecule is CC1CC2(CCC2)OC(N)=N1. The van der Waals surface area contributed by atoms with Crippen LogP contribution in [0.15, 0.2) is 4.99 Å². The van der Waals surface area contributed by atoms with Gasteiger partial charge in [-0.05, 0) is 26.2 Å². The van der Waals surface area contributed by atoms with E-state index in [0.717, 1.165) is 19.3 Å². The number of ether oxygens (including phenoxy) is 1. The summed E-state index contributed by atoms with van der Waals surface area (Å²) in [5.74, 6) is 0. The Hall–Kier alpha value is -0.730. The number of amidine groups is 1. The molecule has 3 heteroatoms. The fourth-order valence-corrected chi connectivity index (χ4v) is 1.97. The maximum absolute atomic E-state index is 5.54. The highest BCUT2D eigenvalue weighted by atomic mass is 16.5. The monoisotopic (exact) mass is 154 g/mol. The summed E-state index contributed by atoms with van der Waals surface area (Å²) in [6, 6.07) is 0.743. The molecule has 0 aromatic rings. The highest BCUT2D eigenvalue weighted by molar-refractivity contribution is 5.72. The van der Waals surface area contributed by atoms with Gasteiger partial charge < -0.3 is 10.5 Å². The molecule has 1 heterocycles. The number of rotatable bonds is 0. The molecule has 11 heavy (non-hydrogen) atoms. The van der Waals surface area contributed by atoms with Crippen LogP contribution in [0.1, 0.15) is 32.6 Å². The van der Waals surface area contributed by atoms with Crippen molar-refractivity contribution in [2.75, 3.05) is 0 Å². The molecule has 2 aliphatic rings. The zero-order valence-electron chi connectivity index (χ0n) is 6.84. The maximum atomic E-state index is 5.54. The van der Waals surface area contributed by atoms with Crippen LogP contribution in [0.4, 0.5) is 0 Å². The molecule has 1 fully saturated rings. The average Bonchev–Trinajstić information content (AvgIpc) is 1.82. The molecule has 1 unspecified atom stereocenters. The Kier molecular flexibility index (Phi) is 1.34. The van der Waals surface area contributed by atoms with Gasteiger partial charge in [-0.15, -0.1) is 0 Å². The van der Waals surface area contributed by atoms with Crippen LogP contribution in [-0.2, 0) is 4.74 Å². The van der Waals surface area contributed by atoms with Crippen molar-refractivity contribution < 1.29 is 4.74 Å². The summed E-state index contributed by atoms with van der Waals surface area (Å²) in [6.07, 6.45) is 4.65. The van der Waals surface area contributed by atoms with Gasteiger partial charge >= 0.3 is 0 Å². The Labute approximate surface area is 66.6 Å². The molecule has 62 valence electrons. The van der Waals surface area contributed by atoms with E-state index < -0.39 is 0 Å². The van der Waals surface area contributed by atoms with Crippen molar-refractivity contribution in [2.45, 2.75) is 44.2 Å². The van der Waals surface area contributed by atoms with Crippen LogP contribution in [0.2, 0.25) is 0 Å². The molecule has 1 saturated carbocycles. The van der Waals surface area contributed by atoms with E-state index in [2.05, 4.69) is 11.9 Å². The van der Waals surface area contributed by atoms with Gasteiger partial charge in [0.2, 0.25) is 0 Å². The highest BCUT2D eigenvalue weighted by Crippen LogP contribution is 2.41. The van der Waals surface area contributed by atoms with Crippen molar-refractivity contribution in [1.82, 2.24) is 0 Å². The van der Waals surface area contributed by atoms with Crippen molar-refractivity contribution in [2.24, 2.45) is 10.7 Å². The fourth-order valence-electron chi connectivity index (χ4n) is 1.97. The van der Waals surface area contributed by atoms with E-state index in [9.17, 15) is 0 Å². The van der Waals surface area contributed by atoms with Crippen LogP contribution < -0.4 is 5.73 Å². The maximum Gasteiger partial charge on any atom is 0.282 e. The molecular weight excluding hydrogens is 140 g/mol. The standard InChI is InChI=1S/C8H14N2O/c1-6-5-8(3-2-4-8)11-7(9)10-6/h6H,2-5H2,1H3,(H2,9,10). The lowest BCUT2D eigenvalue weighted by atomic mass is 9.75. The number of nitrogens with zero attached hydrogens (tertiary/aromatic N) is 1. The Morgan fingerprint density at radius 3 is 2.82 bits per heavy atom. The van der Waals surface area contributed by atoms with Crippen LogP contribution in [0, 0.1) is 0 Å². The summed E-state index contributed by atoms with van der Waals surface area (Å²) in [5, 5.41) is 0. The van der Waals surface area contributed by atoms with Gasteiger partial charge in [0, 0.05) is 6.42 Å². The van der Waals surface area contributed by atoms with Crippen LogP contribution in [0.25, 0.3) is 0 Å². The summed E-state index contributed by atoms with van der Waals surface area (Å²) in [7, 11) is 0. The summed E-state index contributed by atoms with van der Waals surface area (Å²) in [4.78, 5) is 4.13. The molecule has 0 aromatic heterocycles. The molecule has 2 rings (SSSR count). The first kappa shape index (κ1) is 6.95. The predicted octanol–water partition coefficient (Wildman–Crippen LogP) is 1.03. The molecular formula is C8H14N2O. The van der Waals surface area contributed by atoms with E-state index in [-0.39, 0.29) is 5.60 Å². The predicted molar refractivity (Wildman–Crippen MR) is 43.4 cm³/mol. The third-order valence-corrected chi connectivity index (χ3v) is 2.60. The van der Waals surface area contributed by atoms with Crippen molar-refractivity contribution in [1.29, 1.82) is 0 Å². The minimum Gasteiger partial charge on any atom is -0.459 e. The van der Waals surface area contributed by atoms with Crippen molar-refractivity contribution in [3.05, 3.63) is 0 Å². The van der Waals surface area contributed by atoms with Gasteiger partial charge in [0.25, 0.3) is 6.02 Å². The molecule has 3 nitrogen and oxygen atoms in total. The Balaban J connectivity index is 2.12. The lowest BCUT2D eigenvalue weighted by Crippen LogP contribution is -2.48. The molecule has 0 radical (unpaired) electrons. The van der Waals surface area contributed by atoms with Crippen LogP contribution in [-0.4, -0.2) is 17.7 Å². The van der Waals surface area contributed by atoms with E-state index in [0.29, 0.717) is 12.1 Å². The first-order valence-corrected chi connectivity index (χ1v) is 4.22. The second-order valence-corrected chi connectivity index (χ2v) is 3.66. The molecule has 1 atom stereocenters. The molecule has 1 aliphatic heterocycles. The molecule has 0 bridgehead atoms. The lowest BCUT2D eigenvalue weighted by molar-refractivity contribution is -0.0421. The zero-order valence-corrected chi connectivity index (χ0v) is 6.84. The molecule has 1 spiro atoms. The largest absolute Gasteiger partial charge is 0.459 e. The van der Waals surface area contributed by atoms with E-state index in [1.54, 1.807) is 0 Å². The summed E-state index contributed by atoms with van der Waals surface area (Å²) in [5.41, 5.74) is 5.63. The van der Waals surface area contributed by atoms with E-state index in [4.69, 9.17) is 10.5 Å². The number of aliphatic imine (C=N–C) groups is 1. The minimum absolute atomic E-state index is 0.0885. The topological polar surface area (TPSA) is 47.6 Å². The molecule has 2 N–H and O–H groups in total.